The minimum absolute atomic E-state index is 0.174. The molecule has 86 valence electrons. The average molecular weight is 241 g/mol. The standard InChI is InChI=1S/C11H13ClN2O2/c1-7-8(11(15)16)6-9(12)10(13-7)14-4-2-3-5-14/h6H,2-5H2,1H3,(H,15,16). The summed E-state index contributed by atoms with van der Waals surface area (Å²) in [6, 6.07) is 1.49. The number of carboxylic acid groups (broad SMARTS) is 1. The Bertz CT molecular complexity index is 428. The molecule has 16 heavy (non-hydrogen) atoms. The number of halogens is 1. The summed E-state index contributed by atoms with van der Waals surface area (Å²) in [5.74, 6) is -0.276. The van der Waals surface area contributed by atoms with Gasteiger partial charge in [-0.25, -0.2) is 9.78 Å². The van der Waals surface area contributed by atoms with Crippen LogP contribution in [0.4, 0.5) is 5.82 Å². The van der Waals surface area contributed by atoms with E-state index in [0.717, 1.165) is 25.9 Å². The van der Waals surface area contributed by atoms with Crippen molar-refractivity contribution >= 4 is 23.4 Å². The molecule has 5 heteroatoms. The number of nitrogens with zero attached hydrogens (tertiary/aromatic N) is 2. The Hall–Kier alpha value is -1.29. The van der Waals surface area contributed by atoms with Gasteiger partial charge in [-0.2, -0.15) is 0 Å². The summed E-state index contributed by atoms with van der Waals surface area (Å²) in [5.41, 5.74) is 0.687. The topological polar surface area (TPSA) is 53.4 Å². The summed E-state index contributed by atoms with van der Waals surface area (Å²) in [6.45, 7) is 3.58. The van der Waals surface area contributed by atoms with E-state index in [-0.39, 0.29) is 5.56 Å². The Morgan fingerprint density at radius 1 is 1.50 bits per heavy atom. The SMILES string of the molecule is Cc1nc(N2CCCC2)c(Cl)cc1C(=O)O. The highest BCUT2D eigenvalue weighted by atomic mass is 35.5. The summed E-state index contributed by atoms with van der Waals surface area (Å²) < 4.78 is 0. The van der Waals surface area contributed by atoms with E-state index in [2.05, 4.69) is 9.88 Å². The van der Waals surface area contributed by atoms with Gasteiger partial charge in [0.25, 0.3) is 0 Å². The lowest BCUT2D eigenvalue weighted by molar-refractivity contribution is 0.0695. The molecule has 0 saturated carbocycles. The Morgan fingerprint density at radius 3 is 2.69 bits per heavy atom. The number of aromatic nitrogens is 1. The van der Waals surface area contributed by atoms with Crippen molar-refractivity contribution < 1.29 is 9.90 Å². The predicted molar refractivity (Wildman–Crippen MR) is 62.4 cm³/mol. The molecule has 2 heterocycles. The van der Waals surface area contributed by atoms with E-state index in [9.17, 15) is 4.79 Å². The molecule has 0 unspecified atom stereocenters. The third kappa shape index (κ3) is 1.97. The Labute approximate surface area is 98.9 Å². The average Bonchev–Trinajstić information content (AvgIpc) is 2.73. The Morgan fingerprint density at radius 2 is 2.12 bits per heavy atom. The molecule has 1 fully saturated rings. The highest BCUT2D eigenvalue weighted by Gasteiger charge is 2.19. The number of hydrogen-bond donors (Lipinski definition) is 1. The molecule has 1 aliphatic rings. The number of rotatable bonds is 2. The van der Waals surface area contributed by atoms with Gasteiger partial charge < -0.3 is 10.0 Å². The minimum atomic E-state index is -0.986. The number of carbonyl (C=O) groups is 1. The fraction of sp³-hybridized carbons (Fsp3) is 0.455. The van der Waals surface area contributed by atoms with Gasteiger partial charge >= 0.3 is 5.97 Å². The van der Waals surface area contributed by atoms with Crippen LogP contribution in [-0.4, -0.2) is 29.1 Å². The van der Waals surface area contributed by atoms with Crippen LogP contribution in [0.5, 0.6) is 0 Å². The van der Waals surface area contributed by atoms with Crippen LogP contribution in [0.25, 0.3) is 0 Å². The molecule has 0 aromatic carbocycles. The predicted octanol–water partition coefficient (Wildman–Crippen LogP) is 2.34. The molecule has 0 radical (unpaired) electrons. The summed E-state index contributed by atoms with van der Waals surface area (Å²) in [5, 5.41) is 9.36. The summed E-state index contributed by atoms with van der Waals surface area (Å²) >= 11 is 6.06. The fourth-order valence-electron chi connectivity index (χ4n) is 1.94. The fourth-order valence-corrected chi connectivity index (χ4v) is 2.21. The monoisotopic (exact) mass is 240 g/mol. The Kier molecular flexibility index (Phi) is 3.01. The van der Waals surface area contributed by atoms with Crippen molar-refractivity contribution in [2.45, 2.75) is 19.8 Å². The van der Waals surface area contributed by atoms with Crippen molar-refractivity contribution in [1.82, 2.24) is 4.98 Å². The lowest BCUT2D eigenvalue weighted by Crippen LogP contribution is -2.20. The zero-order valence-electron chi connectivity index (χ0n) is 9.03. The quantitative estimate of drug-likeness (QED) is 0.862. The van der Waals surface area contributed by atoms with Crippen molar-refractivity contribution in [3.63, 3.8) is 0 Å². The molecule has 1 saturated heterocycles. The van der Waals surface area contributed by atoms with Gasteiger partial charge in [0.2, 0.25) is 0 Å². The smallest absolute Gasteiger partial charge is 0.337 e. The molecular weight excluding hydrogens is 228 g/mol. The van der Waals surface area contributed by atoms with Crippen molar-refractivity contribution in [2.24, 2.45) is 0 Å². The first-order chi connectivity index (χ1) is 7.59. The van der Waals surface area contributed by atoms with Gasteiger partial charge in [0.05, 0.1) is 16.3 Å². The molecule has 1 aromatic rings. The summed E-state index contributed by atoms with van der Waals surface area (Å²) in [6.07, 6.45) is 2.27. The molecule has 0 amide bonds. The minimum Gasteiger partial charge on any atom is -0.478 e. The van der Waals surface area contributed by atoms with Gasteiger partial charge in [-0.3, -0.25) is 0 Å². The van der Waals surface area contributed by atoms with Gasteiger partial charge in [0, 0.05) is 13.1 Å². The number of aromatic carboxylic acids is 1. The second-order valence-corrected chi connectivity index (χ2v) is 4.33. The van der Waals surface area contributed by atoms with Gasteiger partial charge in [-0.15, -0.1) is 0 Å². The van der Waals surface area contributed by atoms with E-state index < -0.39 is 5.97 Å². The van der Waals surface area contributed by atoms with E-state index >= 15 is 0 Å². The first-order valence-corrected chi connectivity index (χ1v) is 5.63. The lowest BCUT2D eigenvalue weighted by atomic mass is 10.2. The van der Waals surface area contributed by atoms with Crippen LogP contribution in [0.2, 0.25) is 5.02 Å². The van der Waals surface area contributed by atoms with E-state index in [4.69, 9.17) is 16.7 Å². The number of pyridine rings is 1. The normalized spacial score (nSPS) is 15.5. The number of carboxylic acids is 1. The molecule has 1 N–H and O–H groups in total. The number of aryl methyl sites for hydroxylation is 1. The number of anilines is 1. The van der Waals surface area contributed by atoms with Gasteiger partial charge in [0.15, 0.2) is 0 Å². The summed E-state index contributed by atoms with van der Waals surface area (Å²) in [7, 11) is 0. The van der Waals surface area contributed by atoms with Crippen molar-refractivity contribution in [3.8, 4) is 0 Å². The maximum atomic E-state index is 10.9. The molecule has 0 aliphatic carbocycles. The van der Waals surface area contributed by atoms with E-state index in [1.165, 1.54) is 6.07 Å². The second kappa shape index (κ2) is 4.29. The molecule has 1 aromatic heterocycles. The molecule has 0 atom stereocenters. The van der Waals surface area contributed by atoms with Crippen molar-refractivity contribution in [3.05, 3.63) is 22.3 Å². The highest BCUT2D eigenvalue weighted by molar-refractivity contribution is 6.33. The molecule has 1 aliphatic heterocycles. The van der Waals surface area contributed by atoms with E-state index in [0.29, 0.717) is 16.5 Å². The maximum Gasteiger partial charge on any atom is 0.337 e. The molecule has 4 nitrogen and oxygen atoms in total. The third-order valence-electron chi connectivity index (χ3n) is 2.78. The molecule has 0 spiro atoms. The first kappa shape index (κ1) is 11.2. The highest BCUT2D eigenvalue weighted by Crippen LogP contribution is 2.28. The van der Waals surface area contributed by atoms with Gasteiger partial charge in [-0.1, -0.05) is 11.6 Å². The van der Waals surface area contributed by atoms with Crippen LogP contribution in [0, 0.1) is 6.92 Å². The first-order valence-electron chi connectivity index (χ1n) is 5.25. The van der Waals surface area contributed by atoms with Crippen LogP contribution in [0.15, 0.2) is 6.07 Å². The Balaban J connectivity index is 2.40. The molecular formula is C11H13ClN2O2. The second-order valence-electron chi connectivity index (χ2n) is 3.93. The van der Waals surface area contributed by atoms with Crippen LogP contribution in [0.1, 0.15) is 28.9 Å². The van der Waals surface area contributed by atoms with Crippen molar-refractivity contribution in [2.75, 3.05) is 18.0 Å². The van der Waals surface area contributed by atoms with E-state index in [1.54, 1.807) is 6.92 Å². The van der Waals surface area contributed by atoms with Crippen LogP contribution < -0.4 is 4.90 Å². The largest absolute Gasteiger partial charge is 0.478 e. The molecule has 0 bridgehead atoms. The van der Waals surface area contributed by atoms with Crippen LogP contribution in [0.3, 0.4) is 0 Å². The zero-order valence-corrected chi connectivity index (χ0v) is 9.79. The lowest BCUT2D eigenvalue weighted by Gasteiger charge is -2.18. The zero-order chi connectivity index (χ0) is 11.7. The molecule has 2 rings (SSSR count). The van der Waals surface area contributed by atoms with Crippen molar-refractivity contribution in [1.29, 1.82) is 0 Å². The van der Waals surface area contributed by atoms with Gasteiger partial charge in [-0.05, 0) is 25.8 Å². The number of hydrogen-bond acceptors (Lipinski definition) is 3. The van der Waals surface area contributed by atoms with E-state index in [1.807, 2.05) is 0 Å². The summed E-state index contributed by atoms with van der Waals surface area (Å²) in [4.78, 5) is 17.3. The van der Waals surface area contributed by atoms with Crippen LogP contribution >= 0.6 is 11.6 Å². The maximum absolute atomic E-state index is 10.9. The van der Waals surface area contributed by atoms with Crippen LogP contribution in [-0.2, 0) is 0 Å². The van der Waals surface area contributed by atoms with Gasteiger partial charge in [0.1, 0.15) is 5.82 Å². The third-order valence-corrected chi connectivity index (χ3v) is 3.06.